The van der Waals surface area contributed by atoms with Crippen molar-refractivity contribution < 1.29 is 4.39 Å². The zero-order valence-corrected chi connectivity index (χ0v) is 9.26. The normalized spacial score (nSPS) is 11.8. The second kappa shape index (κ2) is 6.30. The average Bonchev–Trinajstić information content (AvgIpc) is 2.24. The molecule has 0 bridgehead atoms. The Kier molecular flexibility index (Phi) is 4.98. The Morgan fingerprint density at radius 1 is 1.53 bits per heavy atom. The first kappa shape index (κ1) is 11.9. The van der Waals surface area contributed by atoms with Crippen LogP contribution in [0.1, 0.15) is 25.8 Å². The highest BCUT2D eigenvalue weighted by Gasteiger charge is 1.97. The van der Waals surface area contributed by atoms with Crippen molar-refractivity contribution in [3.05, 3.63) is 35.9 Å². The number of hydrogen-bond donors (Lipinski definition) is 1. The summed E-state index contributed by atoms with van der Waals surface area (Å²) in [5, 5.41) is 3.23. The standard InChI is InChI=1S/C12H17FN2/c1-3-14-6-4-5-10(2)11-7-12(13)9-15-8-11/h5,7-9,14H,3-4,6H2,1-2H3. The van der Waals surface area contributed by atoms with Crippen LogP contribution in [-0.2, 0) is 0 Å². The molecule has 0 aliphatic carbocycles. The molecule has 0 saturated heterocycles. The van der Waals surface area contributed by atoms with E-state index in [0.717, 1.165) is 30.6 Å². The zero-order chi connectivity index (χ0) is 11.1. The minimum atomic E-state index is -0.285. The van der Waals surface area contributed by atoms with Crippen LogP contribution in [0, 0.1) is 5.82 Å². The lowest BCUT2D eigenvalue weighted by Gasteiger charge is -2.02. The fraction of sp³-hybridized carbons (Fsp3) is 0.417. The highest BCUT2D eigenvalue weighted by molar-refractivity contribution is 5.62. The van der Waals surface area contributed by atoms with Gasteiger partial charge in [0.25, 0.3) is 0 Å². The Morgan fingerprint density at radius 3 is 3.00 bits per heavy atom. The summed E-state index contributed by atoms with van der Waals surface area (Å²) in [6.07, 6.45) is 5.95. The van der Waals surface area contributed by atoms with Crippen LogP contribution >= 0.6 is 0 Å². The van der Waals surface area contributed by atoms with Crippen LogP contribution in [0.2, 0.25) is 0 Å². The van der Waals surface area contributed by atoms with Gasteiger partial charge < -0.3 is 5.32 Å². The second-order valence-electron chi connectivity index (χ2n) is 3.42. The first-order valence-corrected chi connectivity index (χ1v) is 5.22. The molecule has 0 spiro atoms. The molecule has 82 valence electrons. The van der Waals surface area contributed by atoms with E-state index in [1.54, 1.807) is 6.20 Å². The molecule has 1 aromatic rings. The number of nitrogens with zero attached hydrogens (tertiary/aromatic N) is 1. The summed E-state index contributed by atoms with van der Waals surface area (Å²) in [5.74, 6) is -0.285. The highest BCUT2D eigenvalue weighted by atomic mass is 19.1. The third-order valence-corrected chi connectivity index (χ3v) is 2.18. The molecular weight excluding hydrogens is 191 g/mol. The maximum absolute atomic E-state index is 12.9. The number of nitrogens with one attached hydrogen (secondary N) is 1. The molecule has 1 rings (SSSR count). The van der Waals surface area contributed by atoms with Gasteiger partial charge in [-0.15, -0.1) is 0 Å². The van der Waals surface area contributed by atoms with Crippen molar-refractivity contribution >= 4 is 5.57 Å². The van der Waals surface area contributed by atoms with Gasteiger partial charge >= 0.3 is 0 Å². The summed E-state index contributed by atoms with van der Waals surface area (Å²) >= 11 is 0. The van der Waals surface area contributed by atoms with Crippen LogP contribution in [-0.4, -0.2) is 18.1 Å². The summed E-state index contributed by atoms with van der Waals surface area (Å²) in [4.78, 5) is 3.82. The van der Waals surface area contributed by atoms with Crippen molar-refractivity contribution in [1.82, 2.24) is 10.3 Å². The number of aromatic nitrogens is 1. The van der Waals surface area contributed by atoms with E-state index in [1.807, 2.05) is 6.92 Å². The summed E-state index contributed by atoms with van der Waals surface area (Å²) < 4.78 is 12.9. The van der Waals surface area contributed by atoms with Gasteiger partial charge in [0.05, 0.1) is 6.20 Å². The van der Waals surface area contributed by atoms with E-state index in [4.69, 9.17) is 0 Å². The van der Waals surface area contributed by atoms with Crippen LogP contribution < -0.4 is 5.32 Å². The molecule has 0 saturated carbocycles. The molecule has 0 unspecified atom stereocenters. The molecule has 1 N–H and O–H groups in total. The lowest BCUT2D eigenvalue weighted by atomic mass is 10.1. The van der Waals surface area contributed by atoms with Gasteiger partial charge in [0, 0.05) is 6.20 Å². The molecule has 0 fully saturated rings. The van der Waals surface area contributed by atoms with Crippen molar-refractivity contribution in [2.45, 2.75) is 20.3 Å². The van der Waals surface area contributed by atoms with Gasteiger partial charge in [0.1, 0.15) is 5.82 Å². The van der Waals surface area contributed by atoms with Crippen molar-refractivity contribution in [2.75, 3.05) is 13.1 Å². The maximum atomic E-state index is 12.9. The van der Waals surface area contributed by atoms with E-state index in [0.29, 0.717) is 0 Å². The molecule has 0 amide bonds. The van der Waals surface area contributed by atoms with E-state index >= 15 is 0 Å². The maximum Gasteiger partial charge on any atom is 0.142 e. The van der Waals surface area contributed by atoms with Crippen molar-refractivity contribution in [2.24, 2.45) is 0 Å². The van der Waals surface area contributed by atoms with Gasteiger partial charge in [-0.2, -0.15) is 0 Å². The molecule has 0 radical (unpaired) electrons. The minimum Gasteiger partial charge on any atom is -0.317 e. The highest BCUT2D eigenvalue weighted by Crippen LogP contribution is 2.13. The number of halogens is 1. The first-order valence-electron chi connectivity index (χ1n) is 5.22. The Morgan fingerprint density at radius 2 is 2.33 bits per heavy atom. The molecule has 3 heteroatoms. The lowest BCUT2D eigenvalue weighted by molar-refractivity contribution is 0.621. The van der Waals surface area contributed by atoms with Crippen molar-refractivity contribution in [3.63, 3.8) is 0 Å². The number of allylic oxidation sites excluding steroid dienone is 1. The van der Waals surface area contributed by atoms with Crippen molar-refractivity contribution in [3.8, 4) is 0 Å². The average molecular weight is 208 g/mol. The van der Waals surface area contributed by atoms with Gasteiger partial charge in [-0.05, 0) is 43.6 Å². The number of hydrogen-bond acceptors (Lipinski definition) is 2. The van der Waals surface area contributed by atoms with Gasteiger partial charge in [-0.3, -0.25) is 4.98 Å². The Labute approximate surface area is 90.2 Å². The van der Waals surface area contributed by atoms with Gasteiger partial charge in [0.2, 0.25) is 0 Å². The number of pyridine rings is 1. The van der Waals surface area contributed by atoms with E-state index in [2.05, 4.69) is 23.3 Å². The van der Waals surface area contributed by atoms with Gasteiger partial charge in [-0.1, -0.05) is 13.0 Å². The molecule has 0 aliphatic rings. The fourth-order valence-electron chi connectivity index (χ4n) is 1.31. The molecule has 0 aliphatic heterocycles. The molecule has 1 aromatic heterocycles. The van der Waals surface area contributed by atoms with Gasteiger partial charge in [0.15, 0.2) is 0 Å². The zero-order valence-electron chi connectivity index (χ0n) is 9.26. The third kappa shape index (κ3) is 4.21. The summed E-state index contributed by atoms with van der Waals surface area (Å²) in [6.45, 7) is 5.99. The molecule has 15 heavy (non-hydrogen) atoms. The van der Waals surface area contributed by atoms with Crippen LogP contribution in [0.3, 0.4) is 0 Å². The Hall–Kier alpha value is -1.22. The Bertz CT molecular complexity index is 334. The topological polar surface area (TPSA) is 24.9 Å². The van der Waals surface area contributed by atoms with Gasteiger partial charge in [-0.25, -0.2) is 4.39 Å². The Balaban J connectivity index is 2.55. The first-order chi connectivity index (χ1) is 7.24. The molecule has 2 nitrogen and oxygen atoms in total. The molecule has 0 atom stereocenters. The lowest BCUT2D eigenvalue weighted by Crippen LogP contribution is -2.13. The predicted octanol–water partition coefficient (Wildman–Crippen LogP) is 2.62. The van der Waals surface area contributed by atoms with Crippen LogP contribution in [0.4, 0.5) is 4.39 Å². The fourth-order valence-corrected chi connectivity index (χ4v) is 1.31. The third-order valence-electron chi connectivity index (χ3n) is 2.18. The summed E-state index contributed by atoms with van der Waals surface area (Å²) in [7, 11) is 0. The summed E-state index contributed by atoms with van der Waals surface area (Å²) in [6, 6.07) is 1.51. The van der Waals surface area contributed by atoms with E-state index in [-0.39, 0.29) is 5.82 Å². The monoisotopic (exact) mass is 208 g/mol. The van der Waals surface area contributed by atoms with E-state index in [9.17, 15) is 4.39 Å². The van der Waals surface area contributed by atoms with Crippen LogP contribution in [0.15, 0.2) is 24.5 Å². The minimum absolute atomic E-state index is 0.285. The summed E-state index contributed by atoms with van der Waals surface area (Å²) in [5.41, 5.74) is 1.92. The molecule has 0 aromatic carbocycles. The van der Waals surface area contributed by atoms with Crippen LogP contribution in [0.25, 0.3) is 5.57 Å². The quantitative estimate of drug-likeness (QED) is 0.752. The SMILES string of the molecule is CCNCCC=C(C)c1cncc(F)c1. The van der Waals surface area contributed by atoms with E-state index in [1.165, 1.54) is 12.3 Å². The van der Waals surface area contributed by atoms with Crippen molar-refractivity contribution in [1.29, 1.82) is 0 Å². The van der Waals surface area contributed by atoms with Crippen LogP contribution in [0.5, 0.6) is 0 Å². The smallest absolute Gasteiger partial charge is 0.142 e. The largest absolute Gasteiger partial charge is 0.317 e. The number of rotatable bonds is 5. The molecule has 1 heterocycles. The van der Waals surface area contributed by atoms with E-state index < -0.39 is 0 Å². The second-order valence-corrected chi connectivity index (χ2v) is 3.42. The predicted molar refractivity (Wildman–Crippen MR) is 61.0 cm³/mol. The molecular formula is C12H17FN2.